The van der Waals surface area contributed by atoms with Crippen LogP contribution in [0, 0.1) is 0 Å². The number of aromatic amines is 1. The van der Waals surface area contributed by atoms with Crippen LogP contribution in [-0.2, 0) is 6.42 Å². The molecule has 0 aliphatic rings. The van der Waals surface area contributed by atoms with Crippen molar-refractivity contribution in [3.05, 3.63) is 30.0 Å². The molecule has 1 atom stereocenters. The maximum absolute atomic E-state index is 12.3. The first kappa shape index (κ1) is 18.1. The Balaban J connectivity index is 2.00. The summed E-state index contributed by atoms with van der Waals surface area (Å²) in [7, 11) is 1.66. The molecule has 3 N–H and O–H groups in total. The number of aliphatic hydroxyl groups excluding tert-OH is 1. The van der Waals surface area contributed by atoms with Gasteiger partial charge < -0.3 is 25.0 Å². The number of benzene rings is 1. The zero-order valence-electron chi connectivity index (χ0n) is 14.8. The monoisotopic (exact) mass is 333 g/mol. The Labute approximate surface area is 142 Å². The number of fused-ring (bicyclic) bond motifs is 1. The molecule has 2 amide bonds. The Bertz CT molecular complexity index is 679. The lowest BCUT2D eigenvalue weighted by molar-refractivity contribution is 0.119. The maximum Gasteiger partial charge on any atom is 0.317 e. The van der Waals surface area contributed by atoms with Gasteiger partial charge in [-0.3, -0.25) is 0 Å². The summed E-state index contributed by atoms with van der Waals surface area (Å²) in [6.45, 7) is 6.40. The first-order valence-electron chi connectivity index (χ1n) is 8.29. The van der Waals surface area contributed by atoms with Gasteiger partial charge in [0.2, 0.25) is 0 Å². The predicted octanol–water partition coefficient (Wildman–Crippen LogP) is 2.52. The van der Waals surface area contributed by atoms with Crippen molar-refractivity contribution in [2.45, 2.75) is 39.3 Å². The van der Waals surface area contributed by atoms with E-state index in [0.717, 1.165) is 22.2 Å². The highest BCUT2D eigenvalue weighted by molar-refractivity contribution is 5.89. The number of methoxy groups -OCH3 is 1. The molecule has 24 heavy (non-hydrogen) atoms. The van der Waals surface area contributed by atoms with Crippen molar-refractivity contribution < 1.29 is 14.6 Å². The van der Waals surface area contributed by atoms with Crippen LogP contribution in [0.2, 0.25) is 0 Å². The maximum atomic E-state index is 12.3. The minimum Gasteiger partial charge on any atom is -0.496 e. The van der Waals surface area contributed by atoms with Crippen molar-refractivity contribution in [2.24, 2.45) is 0 Å². The predicted molar refractivity (Wildman–Crippen MR) is 95.5 cm³/mol. The van der Waals surface area contributed by atoms with Gasteiger partial charge in [0.1, 0.15) is 5.75 Å². The van der Waals surface area contributed by atoms with Crippen molar-refractivity contribution in [3.63, 3.8) is 0 Å². The standard InChI is InChI=1S/C18H27N3O3/c1-12(2)21(11-13(3)22)18(23)19-9-8-14-10-20-15-6-5-7-16(24-4)17(14)15/h5-7,10,12-13,20,22H,8-9,11H2,1-4H3,(H,19,23). The van der Waals surface area contributed by atoms with Gasteiger partial charge in [0.05, 0.1) is 13.2 Å². The second kappa shape index (κ2) is 8.06. The molecule has 0 saturated heterocycles. The van der Waals surface area contributed by atoms with Gasteiger partial charge in [-0.25, -0.2) is 4.79 Å². The third-order valence-corrected chi connectivity index (χ3v) is 3.98. The van der Waals surface area contributed by atoms with E-state index in [1.165, 1.54) is 0 Å². The van der Waals surface area contributed by atoms with Crippen LogP contribution in [0.1, 0.15) is 26.3 Å². The van der Waals surface area contributed by atoms with Crippen LogP contribution < -0.4 is 10.1 Å². The number of amides is 2. The highest BCUT2D eigenvalue weighted by Gasteiger charge is 2.18. The third-order valence-electron chi connectivity index (χ3n) is 3.98. The molecule has 1 heterocycles. The van der Waals surface area contributed by atoms with Crippen molar-refractivity contribution in [3.8, 4) is 5.75 Å². The van der Waals surface area contributed by atoms with Gasteiger partial charge >= 0.3 is 6.03 Å². The molecule has 2 rings (SSSR count). The molecule has 0 bridgehead atoms. The van der Waals surface area contributed by atoms with Crippen molar-refractivity contribution in [1.29, 1.82) is 0 Å². The summed E-state index contributed by atoms with van der Waals surface area (Å²) >= 11 is 0. The molecule has 6 nitrogen and oxygen atoms in total. The molecule has 1 aromatic heterocycles. The lowest BCUT2D eigenvalue weighted by atomic mass is 10.1. The number of ether oxygens (including phenoxy) is 1. The minimum absolute atomic E-state index is 0.0350. The molecule has 0 aliphatic heterocycles. The summed E-state index contributed by atoms with van der Waals surface area (Å²) in [5.74, 6) is 0.827. The second-order valence-electron chi connectivity index (χ2n) is 6.27. The van der Waals surface area contributed by atoms with E-state index >= 15 is 0 Å². The van der Waals surface area contributed by atoms with Crippen LogP contribution in [0.3, 0.4) is 0 Å². The minimum atomic E-state index is -0.545. The molecule has 6 heteroatoms. The number of carbonyl (C=O) groups excluding carboxylic acids is 1. The van der Waals surface area contributed by atoms with Gasteiger partial charge in [-0.1, -0.05) is 6.07 Å². The number of nitrogens with zero attached hydrogens (tertiary/aromatic N) is 1. The van der Waals surface area contributed by atoms with Gasteiger partial charge in [-0.2, -0.15) is 0 Å². The van der Waals surface area contributed by atoms with E-state index in [9.17, 15) is 9.90 Å². The van der Waals surface area contributed by atoms with E-state index in [0.29, 0.717) is 19.5 Å². The third kappa shape index (κ3) is 4.20. The molecule has 0 radical (unpaired) electrons. The molecule has 132 valence electrons. The molecular formula is C18H27N3O3. The first-order valence-corrected chi connectivity index (χ1v) is 8.29. The van der Waals surface area contributed by atoms with E-state index in [2.05, 4.69) is 10.3 Å². The Morgan fingerprint density at radius 1 is 1.38 bits per heavy atom. The highest BCUT2D eigenvalue weighted by atomic mass is 16.5. The number of aromatic nitrogens is 1. The molecule has 1 unspecified atom stereocenters. The van der Waals surface area contributed by atoms with Crippen LogP contribution in [0.4, 0.5) is 4.79 Å². The van der Waals surface area contributed by atoms with Gasteiger partial charge in [-0.05, 0) is 44.9 Å². The number of carbonyl (C=O) groups is 1. The fourth-order valence-electron chi connectivity index (χ4n) is 2.81. The average molecular weight is 333 g/mol. The van der Waals surface area contributed by atoms with E-state index < -0.39 is 6.10 Å². The quantitative estimate of drug-likeness (QED) is 0.728. The Kier molecular flexibility index (Phi) is 6.09. The van der Waals surface area contributed by atoms with Crippen LogP contribution >= 0.6 is 0 Å². The van der Waals surface area contributed by atoms with Crippen LogP contribution in [0.25, 0.3) is 10.9 Å². The highest BCUT2D eigenvalue weighted by Crippen LogP contribution is 2.28. The molecule has 0 spiro atoms. The summed E-state index contributed by atoms with van der Waals surface area (Å²) < 4.78 is 5.42. The number of hydrogen-bond acceptors (Lipinski definition) is 3. The van der Waals surface area contributed by atoms with E-state index in [1.54, 1.807) is 18.9 Å². The van der Waals surface area contributed by atoms with E-state index in [1.807, 2.05) is 38.2 Å². The number of urea groups is 1. The zero-order chi connectivity index (χ0) is 17.7. The number of nitrogens with one attached hydrogen (secondary N) is 2. The lowest BCUT2D eigenvalue weighted by Crippen LogP contribution is -2.47. The molecule has 0 aliphatic carbocycles. The molecule has 0 saturated carbocycles. The van der Waals surface area contributed by atoms with Crippen molar-refractivity contribution in [1.82, 2.24) is 15.2 Å². The van der Waals surface area contributed by atoms with E-state index in [4.69, 9.17) is 4.74 Å². The SMILES string of the molecule is COc1cccc2[nH]cc(CCNC(=O)N(CC(C)O)C(C)C)c12. The first-order chi connectivity index (χ1) is 11.4. The normalized spacial score (nSPS) is 12.4. The number of H-pyrrole nitrogens is 1. The number of rotatable bonds is 7. The Morgan fingerprint density at radius 3 is 2.75 bits per heavy atom. The molecular weight excluding hydrogens is 306 g/mol. The molecule has 2 aromatic rings. The Hall–Kier alpha value is -2.21. The molecule has 1 aromatic carbocycles. The average Bonchev–Trinajstić information content (AvgIpc) is 2.95. The number of aliphatic hydroxyl groups is 1. The second-order valence-corrected chi connectivity index (χ2v) is 6.27. The topological polar surface area (TPSA) is 77.6 Å². The summed E-state index contributed by atoms with van der Waals surface area (Å²) in [6.07, 6.45) is 2.11. The van der Waals surface area contributed by atoms with Crippen LogP contribution in [0.5, 0.6) is 5.75 Å². The zero-order valence-corrected chi connectivity index (χ0v) is 14.8. The van der Waals surface area contributed by atoms with Gasteiger partial charge in [0.25, 0.3) is 0 Å². The van der Waals surface area contributed by atoms with Crippen LogP contribution in [0.15, 0.2) is 24.4 Å². The van der Waals surface area contributed by atoms with Gasteiger partial charge in [-0.15, -0.1) is 0 Å². The summed E-state index contributed by atoms with van der Waals surface area (Å²) in [5.41, 5.74) is 2.13. The summed E-state index contributed by atoms with van der Waals surface area (Å²) in [6, 6.07) is 5.76. The van der Waals surface area contributed by atoms with Gasteiger partial charge in [0, 0.05) is 36.2 Å². The Morgan fingerprint density at radius 2 is 2.12 bits per heavy atom. The van der Waals surface area contributed by atoms with Gasteiger partial charge in [0.15, 0.2) is 0 Å². The fraction of sp³-hybridized carbons (Fsp3) is 0.500. The summed E-state index contributed by atoms with van der Waals surface area (Å²) in [4.78, 5) is 17.2. The lowest BCUT2D eigenvalue weighted by Gasteiger charge is -2.28. The van der Waals surface area contributed by atoms with E-state index in [-0.39, 0.29) is 12.1 Å². The van der Waals surface area contributed by atoms with Crippen LogP contribution in [-0.4, -0.2) is 53.4 Å². The van der Waals surface area contributed by atoms with Crippen molar-refractivity contribution >= 4 is 16.9 Å². The largest absolute Gasteiger partial charge is 0.496 e. The summed E-state index contributed by atoms with van der Waals surface area (Å²) in [5, 5.41) is 13.5. The molecule has 0 fully saturated rings. The van der Waals surface area contributed by atoms with Crippen molar-refractivity contribution in [2.75, 3.05) is 20.2 Å². The fourth-order valence-corrected chi connectivity index (χ4v) is 2.81. The number of hydrogen-bond donors (Lipinski definition) is 3. The smallest absolute Gasteiger partial charge is 0.317 e.